The highest BCUT2D eigenvalue weighted by Gasteiger charge is 2.23. The van der Waals surface area contributed by atoms with Crippen LogP contribution in [0.3, 0.4) is 0 Å². The third kappa shape index (κ3) is 3.49. The van der Waals surface area contributed by atoms with Crippen molar-refractivity contribution in [3.05, 3.63) is 35.7 Å². The molecule has 0 amide bonds. The molecule has 0 N–H and O–H groups in total. The van der Waals surface area contributed by atoms with E-state index in [1.807, 2.05) is 12.1 Å². The zero-order valence-corrected chi connectivity index (χ0v) is 12.7. The molecular weight excluding hydrogens is 266 g/mol. The average molecular weight is 287 g/mol. The summed E-state index contributed by atoms with van der Waals surface area (Å²) in [5.41, 5.74) is 2.21. The van der Waals surface area contributed by atoms with E-state index in [0.717, 1.165) is 18.7 Å². The van der Waals surface area contributed by atoms with Gasteiger partial charge in [0.1, 0.15) is 0 Å². The lowest BCUT2D eigenvalue weighted by Crippen LogP contribution is -2.44. The highest BCUT2D eigenvalue weighted by molar-refractivity contribution is 5.54. The van der Waals surface area contributed by atoms with Gasteiger partial charge < -0.3 is 9.26 Å². The van der Waals surface area contributed by atoms with Crippen molar-refractivity contribution in [2.45, 2.75) is 39.5 Å². The van der Waals surface area contributed by atoms with Crippen molar-refractivity contribution < 1.29 is 9.26 Å². The van der Waals surface area contributed by atoms with E-state index in [0.29, 0.717) is 18.3 Å². The van der Waals surface area contributed by atoms with Crippen LogP contribution in [0.25, 0.3) is 11.4 Å². The minimum absolute atomic E-state index is 0.244. The molecule has 0 bridgehead atoms. The van der Waals surface area contributed by atoms with Crippen LogP contribution in [0.1, 0.15) is 25.3 Å². The summed E-state index contributed by atoms with van der Waals surface area (Å²) in [6, 6.07) is 8.14. The Hall–Kier alpha value is -1.72. The minimum Gasteiger partial charge on any atom is -0.373 e. The standard InChI is InChI=1S/C16H21N3O2/c1-11-4-6-14(7-5-11)16-17-15(21-18-16)10-19-8-12(2)20-13(3)9-19/h4-7,12-13H,8-10H2,1-3H3. The van der Waals surface area contributed by atoms with Crippen molar-refractivity contribution in [2.75, 3.05) is 13.1 Å². The Balaban J connectivity index is 1.69. The Kier molecular flexibility index (Phi) is 4.03. The van der Waals surface area contributed by atoms with Crippen molar-refractivity contribution in [1.82, 2.24) is 15.0 Å². The zero-order chi connectivity index (χ0) is 14.8. The van der Waals surface area contributed by atoms with Crippen LogP contribution in [0.4, 0.5) is 0 Å². The minimum atomic E-state index is 0.244. The Bertz CT molecular complexity index is 584. The quantitative estimate of drug-likeness (QED) is 0.868. The van der Waals surface area contributed by atoms with Gasteiger partial charge in [0.15, 0.2) is 0 Å². The molecule has 0 radical (unpaired) electrons. The van der Waals surface area contributed by atoms with E-state index in [4.69, 9.17) is 9.26 Å². The molecule has 1 aromatic carbocycles. The van der Waals surface area contributed by atoms with Gasteiger partial charge >= 0.3 is 0 Å². The highest BCUT2D eigenvalue weighted by Crippen LogP contribution is 2.18. The first kappa shape index (κ1) is 14.2. The maximum absolute atomic E-state index is 5.73. The van der Waals surface area contributed by atoms with E-state index in [2.05, 4.69) is 47.9 Å². The molecule has 112 valence electrons. The van der Waals surface area contributed by atoms with Gasteiger partial charge in [0, 0.05) is 18.7 Å². The molecule has 2 heterocycles. The van der Waals surface area contributed by atoms with Gasteiger partial charge in [-0.1, -0.05) is 35.0 Å². The molecule has 21 heavy (non-hydrogen) atoms. The van der Waals surface area contributed by atoms with E-state index < -0.39 is 0 Å². The van der Waals surface area contributed by atoms with E-state index in [9.17, 15) is 0 Å². The Morgan fingerprint density at radius 3 is 2.48 bits per heavy atom. The lowest BCUT2D eigenvalue weighted by atomic mass is 10.1. The van der Waals surface area contributed by atoms with Gasteiger partial charge in [0.05, 0.1) is 18.8 Å². The van der Waals surface area contributed by atoms with Crippen molar-refractivity contribution in [2.24, 2.45) is 0 Å². The molecule has 0 saturated carbocycles. The van der Waals surface area contributed by atoms with Crippen LogP contribution in [-0.2, 0) is 11.3 Å². The van der Waals surface area contributed by atoms with Gasteiger partial charge in [0.25, 0.3) is 0 Å². The van der Waals surface area contributed by atoms with Gasteiger partial charge in [-0.05, 0) is 20.8 Å². The normalized spacial score (nSPS) is 23.4. The third-order valence-corrected chi connectivity index (χ3v) is 3.63. The van der Waals surface area contributed by atoms with Crippen molar-refractivity contribution in [3.63, 3.8) is 0 Å². The molecule has 1 aliphatic rings. The summed E-state index contributed by atoms with van der Waals surface area (Å²) in [7, 11) is 0. The zero-order valence-electron chi connectivity index (χ0n) is 12.7. The fourth-order valence-corrected chi connectivity index (χ4v) is 2.74. The first-order chi connectivity index (χ1) is 10.1. The second-order valence-electron chi connectivity index (χ2n) is 5.83. The predicted octanol–water partition coefficient (Wildman–Crippen LogP) is 2.65. The van der Waals surface area contributed by atoms with Crippen LogP contribution in [0, 0.1) is 6.92 Å². The molecule has 1 fully saturated rings. The van der Waals surface area contributed by atoms with Crippen LogP contribution < -0.4 is 0 Å². The molecule has 2 atom stereocenters. The average Bonchev–Trinajstić information content (AvgIpc) is 2.87. The molecule has 1 saturated heterocycles. The number of aryl methyl sites for hydroxylation is 1. The maximum Gasteiger partial charge on any atom is 0.241 e. The molecular formula is C16H21N3O2. The second kappa shape index (κ2) is 5.95. The molecule has 0 aliphatic carbocycles. The first-order valence-electron chi connectivity index (χ1n) is 7.37. The molecule has 5 nitrogen and oxygen atoms in total. The SMILES string of the molecule is Cc1ccc(-c2noc(CN3CC(C)OC(C)C3)n2)cc1. The van der Waals surface area contributed by atoms with Crippen LogP contribution in [0.5, 0.6) is 0 Å². The summed E-state index contributed by atoms with van der Waals surface area (Å²) in [5, 5.41) is 4.08. The maximum atomic E-state index is 5.73. The summed E-state index contributed by atoms with van der Waals surface area (Å²) in [5.74, 6) is 1.31. The number of aromatic nitrogens is 2. The van der Waals surface area contributed by atoms with Crippen molar-refractivity contribution >= 4 is 0 Å². The lowest BCUT2D eigenvalue weighted by Gasteiger charge is -2.34. The monoisotopic (exact) mass is 287 g/mol. The van der Waals surface area contributed by atoms with Crippen molar-refractivity contribution in [1.29, 1.82) is 0 Å². The molecule has 2 unspecified atom stereocenters. The second-order valence-corrected chi connectivity index (χ2v) is 5.83. The van der Waals surface area contributed by atoms with Crippen LogP contribution >= 0.6 is 0 Å². The van der Waals surface area contributed by atoms with Gasteiger partial charge in [-0.25, -0.2) is 0 Å². The van der Waals surface area contributed by atoms with Gasteiger partial charge in [0.2, 0.25) is 11.7 Å². The smallest absolute Gasteiger partial charge is 0.241 e. The summed E-state index contributed by atoms with van der Waals surface area (Å²) >= 11 is 0. The van der Waals surface area contributed by atoms with Gasteiger partial charge in [-0.2, -0.15) is 4.98 Å². The van der Waals surface area contributed by atoms with Gasteiger partial charge in [-0.15, -0.1) is 0 Å². The largest absolute Gasteiger partial charge is 0.373 e. The van der Waals surface area contributed by atoms with Crippen LogP contribution in [0.15, 0.2) is 28.8 Å². The van der Waals surface area contributed by atoms with E-state index in [1.54, 1.807) is 0 Å². The molecule has 0 spiro atoms. The number of morpholine rings is 1. The fourth-order valence-electron chi connectivity index (χ4n) is 2.74. The van der Waals surface area contributed by atoms with Crippen LogP contribution in [0.2, 0.25) is 0 Å². The Morgan fingerprint density at radius 1 is 1.14 bits per heavy atom. The van der Waals surface area contributed by atoms with Crippen LogP contribution in [-0.4, -0.2) is 40.3 Å². The fraction of sp³-hybridized carbons (Fsp3) is 0.500. The van der Waals surface area contributed by atoms with E-state index in [1.165, 1.54) is 5.56 Å². The molecule has 1 aromatic heterocycles. The number of ether oxygens (including phenoxy) is 1. The molecule has 1 aliphatic heterocycles. The number of rotatable bonds is 3. The molecule has 2 aromatic rings. The van der Waals surface area contributed by atoms with Gasteiger partial charge in [-0.3, -0.25) is 4.90 Å². The number of hydrogen-bond acceptors (Lipinski definition) is 5. The predicted molar refractivity (Wildman–Crippen MR) is 79.8 cm³/mol. The summed E-state index contributed by atoms with van der Waals surface area (Å²) in [6.07, 6.45) is 0.487. The lowest BCUT2D eigenvalue weighted by molar-refractivity contribution is -0.0725. The van der Waals surface area contributed by atoms with Crippen molar-refractivity contribution in [3.8, 4) is 11.4 Å². The number of hydrogen-bond donors (Lipinski definition) is 0. The Morgan fingerprint density at radius 2 is 1.81 bits per heavy atom. The molecule has 3 rings (SSSR count). The Labute approximate surface area is 124 Å². The first-order valence-corrected chi connectivity index (χ1v) is 7.37. The summed E-state index contributed by atoms with van der Waals surface area (Å²) in [4.78, 5) is 6.79. The summed E-state index contributed by atoms with van der Waals surface area (Å²) in [6.45, 7) is 8.71. The van der Waals surface area contributed by atoms with E-state index >= 15 is 0 Å². The third-order valence-electron chi connectivity index (χ3n) is 3.63. The number of nitrogens with zero attached hydrogens (tertiary/aromatic N) is 3. The van der Waals surface area contributed by atoms with E-state index in [-0.39, 0.29) is 12.2 Å². The molecule has 5 heteroatoms. The highest BCUT2D eigenvalue weighted by atomic mass is 16.5. The number of benzene rings is 1. The summed E-state index contributed by atoms with van der Waals surface area (Å²) < 4.78 is 11.1. The topological polar surface area (TPSA) is 51.4 Å².